The molecule has 3 unspecified atom stereocenters. The molecule has 0 radical (unpaired) electrons. The monoisotopic (exact) mass is 887 g/mol. The minimum atomic E-state index is -1.17. The lowest BCUT2D eigenvalue weighted by molar-refractivity contribution is -0.131. The normalized spacial score (nSPS) is 12.2. The van der Waals surface area contributed by atoms with Gasteiger partial charge in [0.15, 0.2) is 0 Å². The molecule has 0 rings (SSSR count). The van der Waals surface area contributed by atoms with Gasteiger partial charge in [-0.25, -0.2) is 0 Å². The van der Waals surface area contributed by atoms with E-state index in [0.29, 0.717) is 5.75 Å². The Morgan fingerprint density at radius 2 is 0.966 bits per heavy atom. The summed E-state index contributed by atoms with van der Waals surface area (Å²) < 4.78 is 20.8. The Hall–Kier alpha value is -3.96. The third-order valence-electron chi connectivity index (χ3n) is 6.77. The summed E-state index contributed by atoms with van der Waals surface area (Å²) in [6.45, 7) is -0.351. The number of rotatable bonds is 35. The number of hydrogen-bond acceptors (Lipinski definition) is 18. The van der Waals surface area contributed by atoms with Crippen molar-refractivity contribution in [2.24, 2.45) is 11.5 Å². The topological polar surface area (TPSA) is 351 Å². The van der Waals surface area contributed by atoms with Crippen LogP contribution in [0.2, 0.25) is 0 Å². The van der Waals surface area contributed by atoms with Gasteiger partial charge in [0.05, 0.1) is 78.4 Å². The highest BCUT2D eigenvalue weighted by Crippen LogP contribution is 1.92. The Balaban J connectivity index is 4.14. The number of carbonyl (C=O) groups excluding carboxylic acids is 9. The van der Waals surface area contributed by atoms with Crippen LogP contribution < -0.4 is 59.3 Å². The van der Waals surface area contributed by atoms with Crippen molar-refractivity contribution >= 4 is 91.1 Å². The summed E-state index contributed by atoms with van der Waals surface area (Å²) in [6, 6.07) is -2.55. The van der Waals surface area contributed by atoms with Crippen LogP contribution in [0, 0.1) is 0 Å². The van der Waals surface area contributed by atoms with E-state index in [4.69, 9.17) is 30.4 Å². The largest absolute Gasteiger partial charge is 0.377 e. The number of hydrogen-bond donors (Lipinski definition) is 14. The second-order valence-electron chi connectivity index (χ2n) is 11.6. The number of amides is 9. The van der Waals surface area contributed by atoms with Crippen molar-refractivity contribution < 1.29 is 62.1 Å². The first-order valence-electron chi connectivity index (χ1n) is 17.8. The standard InChI is InChI=1S/C31H57N11O13S3/c32-9-24(44)40-20(17-56)10-34-11-25(45)37-12-26(46)38-13-27(47)42-22(19-58)31(51)39-14-28(48)41-21(18-57)30(50)36-2-4-53-6-8-54-7-5-52-3-1-35-29(49)16-55-15-23(33)43/h20-22,34,56-58H,1-19,32H2,(H2,33,43)(H,35,49)(H,36,50)(H,37,45)(H,38,46)(H,39,51)(H,40,44)(H,41,48)(H,42,47). The second-order valence-corrected chi connectivity index (χ2v) is 12.7. The molecule has 0 fully saturated rings. The predicted octanol–water partition coefficient (Wildman–Crippen LogP) is -8.09. The van der Waals surface area contributed by atoms with E-state index in [1.165, 1.54) is 0 Å². The molecule has 27 heteroatoms. The number of thiol groups is 3. The van der Waals surface area contributed by atoms with Crippen molar-refractivity contribution in [2.75, 3.05) is 122 Å². The highest BCUT2D eigenvalue weighted by atomic mass is 32.1. The zero-order valence-corrected chi connectivity index (χ0v) is 34.7. The molecule has 0 spiro atoms. The molecular formula is C31H57N11O13S3. The Morgan fingerprint density at radius 1 is 0.483 bits per heavy atom. The van der Waals surface area contributed by atoms with Crippen LogP contribution in [0.5, 0.6) is 0 Å². The van der Waals surface area contributed by atoms with Gasteiger partial charge in [-0.05, 0) is 0 Å². The van der Waals surface area contributed by atoms with Crippen molar-refractivity contribution in [3.05, 3.63) is 0 Å². The van der Waals surface area contributed by atoms with Gasteiger partial charge in [-0.15, -0.1) is 0 Å². The van der Waals surface area contributed by atoms with Crippen LogP contribution in [0.3, 0.4) is 0 Å². The quantitative estimate of drug-likeness (QED) is 0.0208. The molecule has 0 saturated heterocycles. The summed E-state index contributed by atoms with van der Waals surface area (Å²) >= 11 is 12.3. The van der Waals surface area contributed by atoms with Gasteiger partial charge < -0.3 is 78.3 Å². The number of nitrogens with two attached hydrogens (primary N) is 2. The molecule has 0 aliphatic carbocycles. The van der Waals surface area contributed by atoms with Crippen molar-refractivity contribution in [3.63, 3.8) is 0 Å². The average Bonchev–Trinajstić information content (AvgIpc) is 3.20. The van der Waals surface area contributed by atoms with Gasteiger partial charge in [-0.2, -0.15) is 37.9 Å². The molecule has 0 aliphatic rings. The van der Waals surface area contributed by atoms with Crippen LogP contribution in [0.4, 0.5) is 0 Å². The van der Waals surface area contributed by atoms with E-state index in [9.17, 15) is 43.2 Å². The number of ether oxygens (including phenoxy) is 4. The molecule has 0 aromatic carbocycles. The van der Waals surface area contributed by atoms with Gasteiger partial charge in [0.1, 0.15) is 25.3 Å². The van der Waals surface area contributed by atoms with Crippen LogP contribution in [0.25, 0.3) is 0 Å². The smallest absolute Gasteiger partial charge is 0.246 e. The van der Waals surface area contributed by atoms with Gasteiger partial charge in [-0.3, -0.25) is 43.2 Å². The molecule has 58 heavy (non-hydrogen) atoms. The van der Waals surface area contributed by atoms with Crippen LogP contribution >= 0.6 is 37.9 Å². The Bertz CT molecular complexity index is 1310. The summed E-state index contributed by atoms with van der Waals surface area (Å²) in [7, 11) is 0. The molecule has 0 saturated carbocycles. The van der Waals surface area contributed by atoms with E-state index < -0.39 is 79.0 Å². The van der Waals surface area contributed by atoms with Gasteiger partial charge >= 0.3 is 0 Å². The summed E-state index contributed by atoms with van der Waals surface area (Å²) in [5.41, 5.74) is 10.2. The van der Waals surface area contributed by atoms with E-state index >= 15 is 0 Å². The molecule has 0 heterocycles. The van der Waals surface area contributed by atoms with Gasteiger partial charge in [0.2, 0.25) is 53.2 Å². The third kappa shape index (κ3) is 30.2. The number of nitrogens with one attached hydrogen (secondary N) is 9. The van der Waals surface area contributed by atoms with E-state index in [2.05, 4.69) is 85.7 Å². The first-order valence-corrected chi connectivity index (χ1v) is 19.7. The van der Waals surface area contributed by atoms with Gasteiger partial charge in [0, 0.05) is 36.9 Å². The van der Waals surface area contributed by atoms with Crippen LogP contribution in [-0.2, 0) is 62.1 Å². The maximum absolute atomic E-state index is 12.6. The number of carbonyl (C=O) groups is 9. The zero-order valence-electron chi connectivity index (χ0n) is 32.0. The molecule has 0 aliphatic heterocycles. The van der Waals surface area contributed by atoms with E-state index in [1.54, 1.807) is 0 Å². The fraction of sp³-hybridized carbons (Fsp3) is 0.710. The Labute approximate surface area is 352 Å². The van der Waals surface area contributed by atoms with Crippen molar-refractivity contribution in [1.82, 2.24) is 47.9 Å². The summed E-state index contributed by atoms with van der Waals surface area (Å²) in [4.78, 5) is 107. The zero-order chi connectivity index (χ0) is 43.6. The minimum absolute atomic E-state index is 0.0466. The fourth-order valence-electron chi connectivity index (χ4n) is 3.93. The van der Waals surface area contributed by atoms with Crippen LogP contribution in [0.1, 0.15) is 0 Å². The lowest BCUT2D eigenvalue weighted by atomic mass is 10.3. The summed E-state index contributed by atoms with van der Waals surface area (Å²) in [6.07, 6.45) is 0. The predicted molar refractivity (Wildman–Crippen MR) is 217 cm³/mol. The first kappa shape index (κ1) is 54.0. The Morgan fingerprint density at radius 3 is 1.48 bits per heavy atom. The second kappa shape index (κ2) is 35.0. The van der Waals surface area contributed by atoms with Crippen molar-refractivity contribution in [1.29, 1.82) is 0 Å². The molecule has 13 N–H and O–H groups in total. The highest BCUT2D eigenvalue weighted by molar-refractivity contribution is 7.80. The average molecular weight is 888 g/mol. The first-order chi connectivity index (χ1) is 27.8. The maximum Gasteiger partial charge on any atom is 0.246 e. The molecular weight excluding hydrogens is 831 g/mol. The van der Waals surface area contributed by atoms with Crippen molar-refractivity contribution in [3.8, 4) is 0 Å². The molecule has 0 aromatic rings. The molecule has 9 amide bonds. The molecule has 24 nitrogen and oxygen atoms in total. The molecule has 332 valence electrons. The molecule has 0 aromatic heterocycles. The van der Waals surface area contributed by atoms with Crippen molar-refractivity contribution in [2.45, 2.75) is 18.1 Å². The number of primary amides is 1. The summed E-state index contributed by atoms with van der Waals surface area (Å²) in [5.74, 6) is -5.25. The van der Waals surface area contributed by atoms with E-state index in [-0.39, 0.29) is 109 Å². The highest BCUT2D eigenvalue weighted by Gasteiger charge is 2.23. The maximum atomic E-state index is 12.6. The minimum Gasteiger partial charge on any atom is -0.377 e. The lowest BCUT2D eigenvalue weighted by Gasteiger charge is -2.19. The van der Waals surface area contributed by atoms with E-state index in [1.807, 2.05) is 0 Å². The fourth-order valence-corrected chi connectivity index (χ4v) is 4.66. The lowest BCUT2D eigenvalue weighted by Crippen LogP contribution is -2.54. The molecule has 0 bridgehead atoms. The van der Waals surface area contributed by atoms with Gasteiger partial charge in [0.25, 0.3) is 0 Å². The van der Waals surface area contributed by atoms with Crippen LogP contribution in [-0.4, -0.2) is 194 Å². The molecule has 3 atom stereocenters. The SMILES string of the molecule is NCC(=O)NC(CS)CNCC(=O)NCC(=O)NCC(=O)NC(CS)C(=O)NCC(=O)NC(CS)C(=O)NCCOCCOCCOCCNC(=O)COCC(N)=O. The van der Waals surface area contributed by atoms with Gasteiger partial charge in [-0.1, -0.05) is 0 Å². The van der Waals surface area contributed by atoms with Crippen LogP contribution in [0.15, 0.2) is 0 Å². The third-order valence-corrected chi connectivity index (χ3v) is 7.94. The summed E-state index contributed by atoms with van der Waals surface area (Å²) in [5, 5.41) is 22.4. The Kier molecular flexibility index (Phi) is 32.6. The van der Waals surface area contributed by atoms with E-state index in [0.717, 1.165) is 0 Å².